The molecule has 0 radical (unpaired) electrons. The third-order valence-corrected chi connectivity index (χ3v) is 7.38. The van der Waals surface area contributed by atoms with E-state index < -0.39 is 29.6 Å². The summed E-state index contributed by atoms with van der Waals surface area (Å²) in [4.78, 5) is 40.4. The van der Waals surface area contributed by atoms with Gasteiger partial charge in [0.15, 0.2) is 0 Å². The van der Waals surface area contributed by atoms with Crippen LogP contribution in [0.1, 0.15) is 69.6 Å². The maximum absolute atomic E-state index is 13.7. The summed E-state index contributed by atoms with van der Waals surface area (Å²) in [5.41, 5.74) is 2.71. The van der Waals surface area contributed by atoms with Crippen molar-refractivity contribution in [1.29, 1.82) is 0 Å². The molecular weight excluding hydrogens is 542 g/mol. The van der Waals surface area contributed by atoms with Gasteiger partial charge in [-0.05, 0) is 75.3 Å². The van der Waals surface area contributed by atoms with Gasteiger partial charge in [0.2, 0.25) is 5.91 Å². The minimum Gasteiger partial charge on any atom is -0.489 e. The van der Waals surface area contributed by atoms with E-state index in [9.17, 15) is 14.4 Å². The highest BCUT2D eigenvalue weighted by Gasteiger charge is 2.41. The topological polar surface area (TPSA) is 82.1 Å². The van der Waals surface area contributed by atoms with E-state index in [1.165, 1.54) is 10.5 Å². The summed E-state index contributed by atoms with van der Waals surface area (Å²) >= 11 is 0. The number of unbranched alkanes of at least 4 members (excludes halogenated alkanes) is 2. The normalized spacial score (nSPS) is 15.6. The minimum atomic E-state index is -0.658. The maximum Gasteiger partial charge on any atom is 0.416 e. The van der Waals surface area contributed by atoms with Crippen LogP contribution in [0.5, 0.6) is 5.75 Å². The van der Waals surface area contributed by atoms with Crippen LogP contribution in [0.15, 0.2) is 84.9 Å². The monoisotopic (exact) mass is 585 g/mol. The molecular formula is C36H43NO6. The van der Waals surface area contributed by atoms with Crippen molar-refractivity contribution in [2.24, 2.45) is 5.92 Å². The Morgan fingerprint density at radius 3 is 2.16 bits per heavy atom. The van der Waals surface area contributed by atoms with E-state index in [1.807, 2.05) is 72.8 Å². The highest BCUT2D eigenvalue weighted by Crippen LogP contribution is 2.26. The molecule has 0 saturated carbocycles. The number of nitrogens with zero attached hydrogens (tertiary/aromatic N) is 1. The number of carbonyl (C=O) groups excluding carboxylic acids is 3. The molecule has 7 heteroatoms. The first-order chi connectivity index (χ1) is 20.7. The van der Waals surface area contributed by atoms with Gasteiger partial charge < -0.3 is 14.2 Å². The molecule has 0 unspecified atom stereocenters. The van der Waals surface area contributed by atoms with Gasteiger partial charge in [-0.2, -0.15) is 0 Å². The van der Waals surface area contributed by atoms with Gasteiger partial charge in [0, 0.05) is 5.92 Å². The van der Waals surface area contributed by atoms with Gasteiger partial charge in [0.25, 0.3) is 0 Å². The zero-order valence-electron chi connectivity index (χ0n) is 25.5. The van der Waals surface area contributed by atoms with Crippen molar-refractivity contribution >= 4 is 18.0 Å². The average molecular weight is 586 g/mol. The lowest BCUT2D eigenvalue weighted by Crippen LogP contribution is -2.44. The predicted octanol–water partition coefficient (Wildman–Crippen LogP) is 7.31. The van der Waals surface area contributed by atoms with Crippen LogP contribution in [0.25, 0.3) is 0 Å². The summed E-state index contributed by atoms with van der Waals surface area (Å²) in [6, 6.07) is 27.6. The molecule has 1 heterocycles. The molecule has 0 spiro atoms. The molecule has 4 rings (SSSR count). The molecule has 2 amide bonds. The Morgan fingerprint density at radius 2 is 1.51 bits per heavy atom. The minimum absolute atomic E-state index is 0.0671. The number of hydrogen-bond donors (Lipinski definition) is 0. The lowest BCUT2D eigenvalue weighted by molar-refractivity contribution is -0.158. The highest BCUT2D eigenvalue weighted by atomic mass is 16.6. The zero-order valence-corrected chi connectivity index (χ0v) is 25.5. The van der Waals surface area contributed by atoms with E-state index in [1.54, 1.807) is 20.8 Å². The maximum atomic E-state index is 13.7. The Hall–Kier alpha value is -4.13. The number of imide groups is 1. The summed E-state index contributed by atoms with van der Waals surface area (Å²) in [6.07, 6.45) is 3.78. The molecule has 1 aliphatic rings. The van der Waals surface area contributed by atoms with Crippen molar-refractivity contribution in [3.63, 3.8) is 0 Å². The first-order valence-electron chi connectivity index (χ1n) is 15.2. The Balaban J connectivity index is 1.30. The number of aryl methyl sites for hydroxylation is 1. The Kier molecular flexibility index (Phi) is 11.4. The Labute approximate surface area is 255 Å². The first-order valence-corrected chi connectivity index (χ1v) is 15.2. The molecule has 0 aliphatic carbocycles. The van der Waals surface area contributed by atoms with E-state index in [-0.39, 0.29) is 18.9 Å². The van der Waals surface area contributed by atoms with Gasteiger partial charge in [-0.25, -0.2) is 9.69 Å². The van der Waals surface area contributed by atoms with Gasteiger partial charge in [-0.3, -0.25) is 9.59 Å². The van der Waals surface area contributed by atoms with E-state index in [2.05, 4.69) is 12.1 Å². The van der Waals surface area contributed by atoms with Crippen LogP contribution in [0.2, 0.25) is 0 Å². The molecule has 228 valence electrons. The molecule has 3 aromatic rings. The molecule has 1 saturated heterocycles. The molecule has 0 aromatic heterocycles. The molecule has 3 aromatic carbocycles. The number of amides is 2. The quantitative estimate of drug-likeness (QED) is 0.146. The van der Waals surface area contributed by atoms with E-state index in [4.69, 9.17) is 14.2 Å². The lowest BCUT2D eigenvalue weighted by Gasteiger charge is -2.26. The van der Waals surface area contributed by atoms with Crippen LogP contribution in [0.3, 0.4) is 0 Å². The second-order valence-electron chi connectivity index (χ2n) is 12.1. The number of esters is 1. The van der Waals surface area contributed by atoms with Gasteiger partial charge in [0.1, 0.15) is 24.6 Å². The van der Waals surface area contributed by atoms with E-state index in [0.29, 0.717) is 19.4 Å². The smallest absolute Gasteiger partial charge is 0.416 e. The second-order valence-corrected chi connectivity index (χ2v) is 12.1. The second kappa shape index (κ2) is 15.4. The van der Waals surface area contributed by atoms with E-state index >= 15 is 0 Å². The standard InChI is InChI=1S/C36H43NO6/c1-36(2,3)43-33(38)24-30(34(39)37-31(26-42-35(37)40)23-28-14-8-4-9-15-28)18-12-6-7-13-27-19-21-32(22-20-27)41-25-29-16-10-5-11-17-29/h4-5,8-11,14-17,19-22,30-31H,6-7,12-13,18,23-26H2,1-3H3/t30-,31+/m1/s1. The van der Waals surface area contributed by atoms with Crippen LogP contribution in [0, 0.1) is 5.92 Å². The average Bonchev–Trinajstić information content (AvgIpc) is 3.35. The number of rotatable bonds is 14. The van der Waals surface area contributed by atoms with Gasteiger partial charge in [-0.1, -0.05) is 85.6 Å². The number of benzene rings is 3. The van der Waals surface area contributed by atoms with Crippen molar-refractivity contribution in [2.75, 3.05) is 6.61 Å². The molecule has 43 heavy (non-hydrogen) atoms. The van der Waals surface area contributed by atoms with Crippen molar-refractivity contribution in [3.05, 3.63) is 102 Å². The number of cyclic esters (lactones) is 1. The van der Waals surface area contributed by atoms with Crippen molar-refractivity contribution < 1.29 is 28.6 Å². The Morgan fingerprint density at radius 1 is 0.860 bits per heavy atom. The van der Waals surface area contributed by atoms with Crippen LogP contribution < -0.4 is 4.74 Å². The number of hydrogen-bond acceptors (Lipinski definition) is 6. The fourth-order valence-corrected chi connectivity index (χ4v) is 5.25. The first kappa shape index (κ1) is 31.8. The summed E-state index contributed by atoms with van der Waals surface area (Å²) in [7, 11) is 0. The summed E-state index contributed by atoms with van der Waals surface area (Å²) in [5, 5.41) is 0. The van der Waals surface area contributed by atoms with Crippen molar-refractivity contribution in [1.82, 2.24) is 4.90 Å². The lowest BCUT2D eigenvalue weighted by atomic mass is 9.94. The summed E-state index contributed by atoms with van der Waals surface area (Å²) < 4.78 is 16.7. The number of ether oxygens (including phenoxy) is 3. The van der Waals surface area contributed by atoms with Crippen LogP contribution in [-0.2, 0) is 38.5 Å². The van der Waals surface area contributed by atoms with E-state index in [0.717, 1.165) is 42.6 Å². The van der Waals surface area contributed by atoms with Crippen molar-refractivity contribution in [2.45, 2.75) is 84.0 Å². The zero-order chi connectivity index (χ0) is 30.7. The molecule has 0 N–H and O–H groups in total. The SMILES string of the molecule is CC(C)(C)OC(=O)C[C@@H](CCCCCc1ccc(OCc2ccccc2)cc1)C(=O)N1C(=O)OC[C@@H]1Cc1ccccc1. The fraction of sp³-hybridized carbons (Fsp3) is 0.417. The Bertz CT molecular complexity index is 1320. The van der Waals surface area contributed by atoms with Crippen LogP contribution in [-0.4, -0.2) is 41.1 Å². The summed E-state index contributed by atoms with van der Waals surface area (Å²) in [6.45, 7) is 6.09. The molecule has 2 atom stereocenters. The van der Waals surface area contributed by atoms with Gasteiger partial charge in [0.05, 0.1) is 12.5 Å². The highest BCUT2D eigenvalue weighted by molar-refractivity contribution is 5.96. The largest absolute Gasteiger partial charge is 0.489 e. The third-order valence-electron chi connectivity index (χ3n) is 7.38. The summed E-state index contributed by atoms with van der Waals surface area (Å²) in [5.74, 6) is -0.616. The molecule has 1 aliphatic heterocycles. The van der Waals surface area contributed by atoms with Crippen molar-refractivity contribution in [3.8, 4) is 5.75 Å². The van der Waals surface area contributed by atoms with Crippen LogP contribution >= 0.6 is 0 Å². The molecule has 0 bridgehead atoms. The van der Waals surface area contributed by atoms with Gasteiger partial charge >= 0.3 is 12.1 Å². The predicted molar refractivity (Wildman–Crippen MR) is 165 cm³/mol. The number of carbonyl (C=O) groups is 3. The molecule has 7 nitrogen and oxygen atoms in total. The third kappa shape index (κ3) is 10.3. The van der Waals surface area contributed by atoms with Gasteiger partial charge in [-0.15, -0.1) is 0 Å². The molecule has 1 fully saturated rings. The fourth-order valence-electron chi connectivity index (χ4n) is 5.25. The van der Waals surface area contributed by atoms with Crippen LogP contribution in [0.4, 0.5) is 4.79 Å².